The van der Waals surface area contributed by atoms with Gasteiger partial charge < -0.3 is 10.1 Å². The van der Waals surface area contributed by atoms with Crippen LogP contribution in [0.3, 0.4) is 0 Å². The highest BCUT2D eigenvalue weighted by molar-refractivity contribution is 5.77. The van der Waals surface area contributed by atoms with Crippen molar-refractivity contribution in [3.8, 4) is 5.75 Å². The first-order chi connectivity index (χ1) is 8.28. The average molecular weight is 237 g/mol. The van der Waals surface area contributed by atoms with E-state index in [0.29, 0.717) is 11.7 Å². The minimum absolute atomic E-state index is 0.0554. The summed E-state index contributed by atoms with van der Waals surface area (Å²) in [6.45, 7) is 3.83. The van der Waals surface area contributed by atoms with Gasteiger partial charge in [-0.25, -0.2) is 0 Å². The largest absolute Gasteiger partial charge is 0.480 e. The molecule has 1 aromatic rings. The van der Waals surface area contributed by atoms with Gasteiger partial charge in [-0.05, 0) is 25.2 Å². The van der Waals surface area contributed by atoms with Crippen LogP contribution >= 0.6 is 0 Å². The summed E-state index contributed by atoms with van der Waals surface area (Å²) in [5.74, 6) is 1.30. The highest BCUT2D eigenvalue weighted by atomic mass is 16.5. The standard InChI is InChI=1S/C12H19N3O2/c1-2-5-15-8-11(7-14-15)17-9-12(16)13-6-10-3-4-10/h7-8,10H,2-6,9H2,1H3,(H,13,16). The normalized spacial score (nSPS) is 14.6. The van der Waals surface area contributed by atoms with Crippen LogP contribution in [0.25, 0.3) is 0 Å². The zero-order chi connectivity index (χ0) is 12.1. The van der Waals surface area contributed by atoms with Gasteiger partial charge in [0.05, 0.1) is 12.4 Å². The molecule has 0 aliphatic heterocycles. The van der Waals surface area contributed by atoms with E-state index in [1.165, 1.54) is 12.8 Å². The monoisotopic (exact) mass is 237 g/mol. The summed E-state index contributed by atoms with van der Waals surface area (Å²) in [5, 5.41) is 6.98. The first-order valence-electron chi connectivity index (χ1n) is 6.20. The lowest BCUT2D eigenvalue weighted by molar-refractivity contribution is -0.123. The highest BCUT2D eigenvalue weighted by Crippen LogP contribution is 2.27. The Balaban J connectivity index is 1.66. The first-order valence-corrected chi connectivity index (χ1v) is 6.20. The maximum atomic E-state index is 11.4. The zero-order valence-electron chi connectivity index (χ0n) is 10.2. The number of aryl methyl sites for hydroxylation is 1. The Morgan fingerprint density at radius 3 is 3.18 bits per heavy atom. The molecule has 5 heteroatoms. The number of amides is 1. The molecule has 1 saturated carbocycles. The highest BCUT2D eigenvalue weighted by Gasteiger charge is 2.21. The Bertz CT molecular complexity index is 372. The Morgan fingerprint density at radius 2 is 2.47 bits per heavy atom. The molecular formula is C12H19N3O2. The predicted molar refractivity (Wildman–Crippen MR) is 63.7 cm³/mol. The molecule has 1 amide bonds. The van der Waals surface area contributed by atoms with Gasteiger partial charge in [0.15, 0.2) is 12.4 Å². The second kappa shape index (κ2) is 5.70. The quantitative estimate of drug-likeness (QED) is 0.775. The lowest BCUT2D eigenvalue weighted by atomic mass is 10.4. The number of rotatable bonds is 7. The number of aromatic nitrogens is 2. The minimum atomic E-state index is -0.0554. The zero-order valence-corrected chi connectivity index (χ0v) is 10.2. The van der Waals surface area contributed by atoms with Gasteiger partial charge in [-0.2, -0.15) is 5.10 Å². The molecule has 1 aliphatic carbocycles. The molecule has 5 nitrogen and oxygen atoms in total. The van der Waals surface area contributed by atoms with Crippen LogP contribution in [0.2, 0.25) is 0 Å². The van der Waals surface area contributed by atoms with Gasteiger partial charge in [0.25, 0.3) is 5.91 Å². The van der Waals surface area contributed by atoms with E-state index in [4.69, 9.17) is 4.74 Å². The van der Waals surface area contributed by atoms with Gasteiger partial charge in [-0.3, -0.25) is 9.48 Å². The van der Waals surface area contributed by atoms with E-state index in [0.717, 1.165) is 19.5 Å². The van der Waals surface area contributed by atoms with E-state index in [1.54, 1.807) is 6.20 Å². The second-order valence-electron chi connectivity index (χ2n) is 4.48. The van der Waals surface area contributed by atoms with Crippen molar-refractivity contribution < 1.29 is 9.53 Å². The van der Waals surface area contributed by atoms with E-state index >= 15 is 0 Å². The molecule has 1 aromatic heterocycles. The maximum absolute atomic E-state index is 11.4. The number of nitrogens with zero attached hydrogens (tertiary/aromatic N) is 2. The van der Waals surface area contributed by atoms with Crippen LogP contribution in [0.15, 0.2) is 12.4 Å². The van der Waals surface area contributed by atoms with Gasteiger partial charge >= 0.3 is 0 Å². The topological polar surface area (TPSA) is 56.1 Å². The van der Waals surface area contributed by atoms with Crippen molar-refractivity contribution in [2.45, 2.75) is 32.7 Å². The fourth-order valence-electron chi connectivity index (χ4n) is 1.55. The summed E-state index contributed by atoms with van der Waals surface area (Å²) in [7, 11) is 0. The third-order valence-electron chi connectivity index (χ3n) is 2.72. The van der Waals surface area contributed by atoms with Crippen LogP contribution < -0.4 is 10.1 Å². The van der Waals surface area contributed by atoms with E-state index in [9.17, 15) is 4.79 Å². The lowest BCUT2D eigenvalue weighted by Gasteiger charge is -2.04. The van der Waals surface area contributed by atoms with E-state index < -0.39 is 0 Å². The minimum Gasteiger partial charge on any atom is -0.480 e. The Morgan fingerprint density at radius 1 is 1.65 bits per heavy atom. The molecule has 0 radical (unpaired) electrons. The van der Waals surface area contributed by atoms with Crippen LogP contribution in [0.1, 0.15) is 26.2 Å². The molecule has 0 bridgehead atoms. The van der Waals surface area contributed by atoms with E-state index in [2.05, 4.69) is 17.3 Å². The molecule has 1 heterocycles. The lowest BCUT2D eigenvalue weighted by Crippen LogP contribution is -2.30. The van der Waals surface area contributed by atoms with E-state index in [1.807, 2.05) is 10.9 Å². The third-order valence-corrected chi connectivity index (χ3v) is 2.72. The Labute approximate surface area is 101 Å². The van der Waals surface area contributed by atoms with Gasteiger partial charge in [-0.15, -0.1) is 0 Å². The fraction of sp³-hybridized carbons (Fsp3) is 0.667. The van der Waals surface area contributed by atoms with Gasteiger partial charge in [0.1, 0.15) is 0 Å². The first kappa shape index (κ1) is 12.0. The average Bonchev–Trinajstić information content (AvgIpc) is 3.05. The van der Waals surface area contributed by atoms with Crippen LogP contribution in [0.4, 0.5) is 0 Å². The van der Waals surface area contributed by atoms with Crippen LogP contribution in [0, 0.1) is 5.92 Å². The number of carbonyl (C=O) groups excluding carboxylic acids is 1. The molecular weight excluding hydrogens is 218 g/mol. The maximum Gasteiger partial charge on any atom is 0.257 e. The number of hydrogen-bond donors (Lipinski definition) is 1. The summed E-state index contributed by atoms with van der Waals surface area (Å²) < 4.78 is 7.17. The molecule has 1 aliphatic rings. The molecule has 94 valence electrons. The molecule has 1 fully saturated rings. The molecule has 17 heavy (non-hydrogen) atoms. The molecule has 0 saturated heterocycles. The number of carbonyl (C=O) groups is 1. The van der Waals surface area contributed by atoms with Gasteiger partial charge in [-0.1, -0.05) is 6.92 Å². The van der Waals surface area contributed by atoms with Crippen molar-refractivity contribution in [3.05, 3.63) is 12.4 Å². The molecule has 2 rings (SSSR count). The Hall–Kier alpha value is -1.52. The fourth-order valence-corrected chi connectivity index (χ4v) is 1.55. The van der Waals surface area contributed by atoms with E-state index in [-0.39, 0.29) is 12.5 Å². The molecule has 0 unspecified atom stereocenters. The van der Waals surface area contributed by atoms with Crippen LogP contribution in [-0.4, -0.2) is 28.8 Å². The number of nitrogens with one attached hydrogen (secondary N) is 1. The Kier molecular flexibility index (Phi) is 4.01. The van der Waals surface area contributed by atoms with Crippen molar-refractivity contribution in [1.29, 1.82) is 0 Å². The van der Waals surface area contributed by atoms with Crippen molar-refractivity contribution in [1.82, 2.24) is 15.1 Å². The van der Waals surface area contributed by atoms with Crippen molar-refractivity contribution in [2.75, 3.05) is 13.2 Å². The summed E-state index contributed by atoms with van der Waals surface area (Å²) in [6.07, 6.45) is 6.97. The van der Waals surface area contributed by atoms with Crippen LogP contribution in [0.5, 0.6) is 5.75 Å². The molecule has 0 atom stereocenters. The summed E-state index contributed by atoms with van der Waals surface area (Å²) in [5.41, 5.74) is 0. The third kappa shape index (κ3) is 4.09. The smallest absolute Gasteiger partial charge is 0.257 e. The summed E-state index contributed by atoms with van der Waals surface area (Å²) >= 11 is 0. The number of ether oxygens (including phenoxy) is 1. The SMILES string of the molecule is CCCn1cc(OCC(=O)NCC2CC2)cn1. The van der Waals surface area contributed by atoms with Gasteiger partial charge in [0, 0.05) is 13.1 Å². The van der Waals surface area contributed by atoms with Gasteiger partial charge in [0.2, 0.25) is 0 Å². The molecule has 1 N–H and O–H groups in total. The van der Waals surface area contributed by atoms with Crippen molar-refractivity contribution in [2.24, 2.45) is 5.92 Å². The van der Waals surface area contributed by atoms with Crippen molar-refractivity contribution >= 4 is 5.91 Å². The summed E-state index contributed by atoms with van der Waals surface area (Å²) in [6, 6.07) is 0. The molecule has 0 spiro atoms. The number of hydrogen-bond acceptors (Lipinski definition) is 3. The second-order valence-corrected chi connectivity index (χ2v) is 4.48. The summed E-state index contributed by atoms with van der Waals surface area (Å²) in [4.78, 5) is 11.4. The van der Waals surface area contributed by atoms with Crippen molar-refractivity contribution in [3.63, 3.8) is 0 Å². The molecule has 0 aromatic carbocycles. The predicted octanol–water partition coefficient (Wildman–Crippen LogP) is 1.20. The van der Waals surface area contributed by atoms with Crippen LogP contribution in [-0.2, 0) is 11.3 Å².